The Morgan fingerprint density at radius 2 is 1.64 bits per heavy atom. The predicted octanol–water partition coefficient (Wildman–Crippen LogP) is 0.0266. The first-order valence-corrected chi connectivity index (χ1v) is 27.8. The highest BCUT2D eigenvalue weighted by atomic mass is 33.1. The maximum atomic E-state index is 14.7. The van der Waals surface area contributed by atoms with E-state index in [2.05, 4.69) is 42.5 Å². The zero-order chi connectivity index (χ0) is 54.1. The van der Waals surface area contributed by atoms with Crippen LogP contribution in [0, 0.1) is 23.7 Å². The summed E-state index contributed by atoms with van der Waals surface area (Å²) in [6, 6.07) is -8.40. The number of hydrogen-bond acceptors (Lipinski definition) is 14. The van der Waals surface area contributed by atoms with Gasteiger partial charge in [-0.15, -0.1) is 0 Å². The lowest BCUT2D eigenvalue weighted by atomic mass is 9.87. The molecule has 2 fully saturated rings. The summed E-state index contributed by atoms with van der Waals surface area (Å²) in [5.74, 6) is -7.57. The molecule has 0 aromatic carbocycles. The number of primary amides is 2. The molecule has 24 heteroatoms. The van der Waals surface area contributed by atoms with E-state index in [1.807, 2.05) is 38.2 Å². The van der Waals surface area contributed by atoms with Gasteiger partial charge < -0.3 is 64.0 Å². The Kier molecular flexibility index (Phi) is 22.5. The van der Waals surface area contributed by atoms with Crippen LogP contribution in [0.25, 0.3) is 0 Å². The van der Waals surface area contributed by atoms with Crippen molar-refractivity contribution in [2.75, 3.05) is 24.6 Å². The summed E-state index contributed by atoms with van der Waals surface area (Å²) in [4.78, 5) is 138. The number of carbonyl (C=O) groups excluding carboxylic acids is 10. The second-order valence-electron chi connectivity index (χ2n) is 19.7. The number of carbonyl (C=O) groups is 10. The Morgan fingerprint density at radius 1 is 0.878 bits per heavy atom. The molecule has 406 valence electrons. The third-order valence-corrected chi connectivity index (χ3v) is 16.0. The highest BCUT2D eigenvalue weighted by Gasteiger charge is 2.39. The summed E-state index contributed by atoms with van der Waals surface area (Å²) >= 11 is 0. The molecule has 11 atom stereocenters. The molecule has 3 heterocycles. The molecule has 4 unspecified atom stereocenters. The van der Waals surface area contributed by atoms with E-state index in [9.17, 15) is 53.1 Å². The van der Waals surface area contributed by atoms with Crippen LogP contribution in [0.4, 0.5) is 0 Å². The summed E-state index contributed by atoms with van der Waals surface area (Å²) in [5, 5.41) is 32.2. The summed E-state index contributed by atoms with van der Waals surface area (Å²) in [5.41, 5.74) is 11.6. The van der Waals surface area contributed by atoms with Gasteiger partial charge in [-0.1, -0.05) is 86.1 Å². The Hall–Kier alpha value is -6.30. The average molecular weight is 1070 g/mol. The summed E-state index contributed by atoms with van der Waals surface area (Å²) in [6.07, 6.45) is 15.9. The molecular formula is C50H73N11O11S2. The number of nitrogens with one attached hydrogen (secondary N) is 8. The second kappa shape index (κ2) is 28.4. The fourth-order valence-corrected chi connectivity index (χ4v) is 11.4. The van der Waals surface area contributed by atoms with Crippen LogP contribution in [0.5, 0.6) is 0 Å². The first-order valence-electron chi connectivity index (χ1n) is 25.3. The molecule has 22 nitrogen and oxygen atoms in total. The minimum Gasteiger partial charge on any atom is -0.508 e. The van der Waals surface area contributed by atoms with Crippen molar-refractivity contribution in [2.45, 2.75) is 140 Å². The number of rotatable bonds is 18. The van der Waals surface area contributed by atoms with E-state index in [0.29, 0.717) is 32.2 Å². The van der Waals surface area contributed by atoms with Crippen LogP contribution in [0.3, 0.4) is 0 Å². The lowest BCUT2D eigenvalue weighted by molar-refractivity contribution is -0.139. The van der Waals surface area contributed by atoms with Crippen LogP contribution in [-0.4, -0.2) is 142 Å². The first-order chi connectivity index (χ1) is 35.2. The van der Waals surface area contributed by atoms with Gasteiger partial charge in [0, 0.05) is 36.8 Å². The second-order valence-corrected chi connectivity index (χ2v) is 22.4. The monoisotopic (exact) mass is 1070 g/mol. The zero-order valence-corrected chi connectivity index (χ0v) is 44.0. The van der Waals surface area contributed by atoms with Gasteiger partial charge in [0.15, 0.2) is 0 Å². The van der Waals surface area contributed by atoms with Crippen molar-refractivity contribution in [3.63, 3.8) is 0 Å². The third kappa shape index (κ3) is 17.4. The van der Waals surface area contributed by atoms with Gasteiger partial charge in [0.1, 0.15) is 48.1 Å². The van der Waals surface area contributed by atoms with Crippen LogP contribution in [0.1, 0.15) is 91.9 Å². The highest BCUT2D eigenvalue weighted by Crippen LogP contribution is 2.30. The number of allylic oxidation sites excluding steroid dienone is 5. The number of hydrogen-bond donors (Lipinski definition) is 11. The smallest absolute Gasteiger partial charge is 0.244 e. The minimum atomic E-state index is -1.33. The maximum absolute atomic E-state index is 14.7. The largest absolute Gasteiger partial charge is 0.508 e. The summed E-state index contributed by atoms with van der Waals surface area (Å²) in [7, 11) is 2.45. The van der Waals surface area contributed by atoms with Crippen LogP contribution in [0.15, 0.2) is 60.1 Å². The van der Waals surface area contributed by atoms with Gasteiger partial charge in [-0.05, 0) is 86.6 Å². The average Bonchev–Trinajstić information content (AvgIpc) is 4.03. The van der Waals surface area contributed by atoms with Gasteiger partial charge >= 0.3 is 0 Å². The first kappa shape index (κ1) is 58.6. The molecule has 0 aromatic rings. The van der Waals surface area contributed by atoms with Gasteiger partial charge in [-0.2, -0.15) is 0 Å². The summed E-state index contributed by atoms with van der Waals surface area (Å²) < 4.78 is 0. The molecule has 0 spiro atoms. The zero-order valence-electron chi connectivity index (χ0n) is 42.4. The van der Waals surface area contributed by atoms with Crippen molar-refractivity contribution in [2.24, 2.45) is 35.1 Å². The van der Waals surface area contributed by atoms with E-state index >= 15 is 0 Å². The molecule has 0 radical (unpaired) electrons. The fraction of sp³-hybridized carbons (Fsp3) is 0.600. The van der Waals surface area contributed by atoms with Crippen LogP contribution >= 0.6 is 21.6 Å². The molecule has 2 aliphatic carbocycles. The normalized spacial score (nSPS) is 26.5. The number of aliphatic hydroxyl groups excluding tert-OH is 1. The van der Waals surface area contributed by atoms with Gasteiger partial charge in [-0.3, -0.25) is 47.9 Å². The molecule has 5 rings (SSSR count). The lowest BCUT2D eigenvalue weighted by Crippen LogP contribution is -2.60. The number of nitrogens with two attached hydrogens (primary N) is 2. The van der Waals surface area contributed by atoms with E-state index in [0.717, 1.165) is 5.57 Å². The van der Waals surface area contributed by atoms with Gasteiger partial charge in [0.2, 0.25) is 59.1 Å². The minimum absolute atomic E-state index is 0.0297. The number of aliphatic hydroxyl groups is 1. The van der Waals surface area contributed by atoms with Gasteiger partial charge in [-0.25, -0.2) is 0 Å². The fourth-order valence-electron chi connectivity index (χ4n) is 9.23. The molecule has 10 amide bonds. The quantitative estimate of drug-likeness (QED) is 0.0808. The molecule has 5 aliphatic rings. The Morgan fingerprint density at radius 3 is 2.32 bits per heavy atom. The number of fused-ring (bicyclic) bond motifs is 2. The molecule has 74 heavy (non-hydrogen) atoms. The van der Waals surface area contributed by atoms with E-state index in [1.165, 1.54) is 32.6 Å². The third-order valence-electron chi connectivity index (χ3n) is 13.6. The van der Waals surface area contributed by atoms with Crippen molar-refractivity contribution in [1.82, 2.24) is 47.4 Å². The molecule has 3 aliphatic heterocycles. The Balaban J connectivity index is 1.41. The molecule has 0 saturated carbocycles. The van der Waals surface area contributed by atoms with Gasteiger partial charge in [0.25, 0.3) is 0 Å². The van der Waals surface area contributed by atoms with Gasteiger partial charge in [0.05, 0.1) is 12.6 Å². The number of nitrogens with zero attached hydrogens (tertiary/aromatic N) is 1. The van der Waals surface area contributed by atoms with Crippen LogP contribution in [-0.2, 0) is 47.9 Å². The van der Waals surface area contributed by atoms with Crippen molar-refractivity contribution >= 4 is 80.7 Å². The van der Waals surface area contributed by atoms with E-state index in [4.69, 9.17) is 11.5 Å². The van der Waals surface area contributed by atoms with E-state index < -0.39 is 108 Å². The Bertz CT molecular complexity index is 2270. The maximum Gasteiger partial charge on any atom is 0.244 e. The standard InChI is InChI=1S/C50H73N11O11S2/c1-5-28(4)43(50(72)56-34(44(52)66)16-17-40(51)63)60-47(69)37(23-30-24-53-33-10-7-6-9-32(30)33)57-48(70)38-26-74-73-20-18-42(65)61-19-8-11-39(61)49(71)58-36(22-29-12-14-31(62)15-13-29)45(67)54-25-41(64)55-35(21-27(2)3)46(68)59-38/h6-7,9-10,12,14-15,24,27-29,32-39,43,53,62H,5,8,11,13,16-23,25-26H2,1-4H3,(H2,51,63)(H2,52,66)(H,54,67)(H,55,64)(H,56,72)(H,57,70)(H,58,71)(H,59,68)(H,60,69)/t28?,29?,32?,33?,34-,35-,36-,37-,38-,39-,43-/m0/s1. The Labute approximate surface area is 439 Å². The van der Waals surface area contributed by atoms with Crippen molar-refractivity contribution < 1.29 is 53.1 Å². The number of amides is 10. The molecule has 0 bridgehead atoms. The topological polar surface area (TPSA) is 342 Å². The lowest BCUT2D eigenvalue weighted by Gasteiger charge is -2.30. The summed E-state index contributed by atoms with van der Waals surface area (Å²) in [6.45, 7) is 6.95. The molecule has 13 N–H and O–H groups in total. The van der Waals surface area contributed by atoms with Crippen molar-refractivity contribution in [1.29, 1.82) is 0 Å². The molecule has 2 saturated heterocycles. The molecular weight excluding hydrogens is 995 g/mol. The van der Waals surface area contributed by atoms with Crippen LogP contribution in [0.2, 0.25) is 0 Å². The molecule has 0 aromatic heterocycles. The van der Waals surface area contributed by atoms with E-state index in [-0.39, 0.29) is 85.5 Å². The van der Waals surface area contributed by atoms with Crippen molar-refractivity contribution in [3.8, 4) is 0 Å². The predicted molar refractivity (Wildman–Crippen MR) is 279 cm³/mol. The van der Waals surface area contributed by atoms with Crippen LogP contribution < -0.4 is 54.0 Å². The SMILES string of the molecule is CCC(C)[C@H](NC(=O)[C@H](CC1=CNC2C=CC=CC12)NC(=O)[C@@H]1CSSCCC(=O)N2CCC[C@H]2C(=O)N[C@@H](CC2C=CC(O)=CC2)C(=O)NCC(=O)N[C@@H](CC(C)C)C(=O)N1)C(=O)N[C@@H](CCC(N)=O)C(N)=O. The van der Waals surface area contributed by atoms with Crippen molar-refractivity contribution in [3.05, 3.63) is 60.1 Å². The van der Waals surface area contributed by atoms with E-state index in [1.54, 1.807) is 32.2 Å². The highest BCUT2D eigenvalue weighted by molar-refractivity contribution is 8.76.